The van der Waals surface area contributed by atoms with Crippen molar-refractivity contribution in [3.63, 3.8) is 0 Å². The molecule has 1 aliphatic heterocycles. The first kappa shape index (κ1) is 12.4. The van der Waals surface area contributed by atoms with Crippen LogP contribution in [-0.4, -0.2) is 57.2 Å². The molecule has 0 saturated carbocycles. The van der Waals surface area contributed by atoms with Crippen LogP contribution in [0.4, 0.5) is 0 Å². The van der Waals surface area contributed by atoms with Crippen molar-refractivity contribution in [2.75, 3.05) is 46.4 Å². The maximum atomic E-state index is 11.4. The second kappa shape index (κ2) is 6.76. The zero-order valence-corrected chi connectivity index (χ0v) is 9.37. The van der Waals surface area contributed by atoms with Crippen LogP contribution >= 0.6 is 0 Å². The SMILES string of the molecule is COCCCNC(=O)CN1CC(CN)C1. The minimum absolute atomic E-state index is 0.0987. The first-order valence-corrected chi connectivity index (χ1v) is 5.44. The summed E-state index contributed by atoms with van der Waals surface area (Å²) in [6, 6.07) is 0. The highest BCUT2D eigenvalue weighted by molar-refractivity contribution is 5.78. The predicted octanol–water partition coefficient (Wildman–Crippen LogP) is -0.970. The van der Waals surface area contributed by atoms with Crippen molar-refractivity contribution < 1.29 is 9.53 Å². The molecule has 0 bridgehead atoms. The molecule has 1 aliphatic rings. The van der Waals surface area contributed by atoms with Crippen molar-refractivity contribution in [1.29, 1.82) is 0 Å². The summed E-state index contributed by atoms with van der Waals surface area (Å²) in [4.78, 5) is 13.5. The highest BCUT2D eigenvalue weighted by atomic mass is 16.5. The van der Waals surface area contributed by atoms with Gasteiger partial charge in [0.05, 0.1) is 6.54 Å². The molecule has 0 aromatic carbocycles. The molecule has 0 spiro atoms. The second-order valence-corrected chi connectivity index (χ2v) is 3.99. The molecule has 1 amide bonds. The first-order valence-electron chi connectivity index (χ1n) is 5.44. The van der Waals surface area contributed by atoms with Crippen LogP contribution in [0.15, 0.2) is 0 Å². The number of hydrogen-bond acceptors (Lipinski definition) is 4. The number of carbonyl (C=O) groups is 1. The zero-order chi connectivity index (χ0) is 11.1. The third-order valence-corrected chi connectivity index (χ3v) is 2.58. The molecule has 5 nitrogen and oxygen atoms in total. The Kier molecular flexibility index (Phi) is 5.60. The maximum absolute atomic E-state index is 11.4. The largest absolute Gasteiger partial charge is 0.385 e. The molecule has 1 rings (SSSR count). The molecule has 1 saturated heterocycles. The molecule has 1 heterocycles. The van der Waals surface area contributed by atoms with E-state index in [-0.39, 0.29) is 5.91 Å². The fourth-order valence-corrected chi connectivity index (χ4v) is 1.66. The van der Waals surface area contributed by atoms with Gasteiger partial charge in [-0.05, 0) is 18.9 Å². The van der Waals surface area contributed by atoms with Gasteiger partial charge in [-0.2, -0.15) is 0 Å². The number of nitrogens with zero attached hydrogens (tertiary/aromatic N) is 1. The Hall–Kier alpha value is -0.650. The molecule has 0 aromatic heterocycles. The molecule has 0 unspecified atom stereocenters. The molecular weight excluding hydrogens is 194 g/mol. The van der Waals surface area contributed by atoms with Gasteiger partial charge in [0.2, 0.25) is 5.91 Å². The third kappa shape index (κ3) is 4.59. The first-order chi connectivity index (χ1) is 7.26. The molecule has 3 N–H and O–H groups in total. The van der Waals surface area contributed by atoms with Crippen LogP contribution in [0, 0.1) is 5.92 Å². The number of methoxy groups -OCH3 is 1. The predicted molar refractivity (Wildman–Crippen MR) is 58.5 cm³/mol. The Bertz CT molecular complexity index is 193. The molecule has 1 fully saturated rings. The lowest BCUT2D eigenvalue weighted by Gasteiger charge is -2.37. The molecule has 0 atom stereocenters. The van der Waals surface area contributed by atoms with E-state index in [4.69, 9.17) is 10.5 Å². The molecule has 0 aromatic rings. The molecule has 0 radical (unpaired) electrons. The summed E-state index contributed by atoms with van der Waals surface area (Å²) >= 11 is 0. The van der Waals surface area contributed by atoms with E-state index in [0.717, 1.165) is 26.1 Å². The Balaban J connectivity index is 1.95. The average molecular weight is 215 g/mol. The van der Waals surface area contributed by atoms with Crippen LogP contribution in [0.2, 0.25) is 0 Å². The molecule has 88 valence electrons. The van der Waals surface area contributed by atoms with E-state index in [1.807, 2.05) is 0 Å². The number of likely N-dealkylation sites (tertiary alicyclic amines) is 1. The fourth-order valence-electron chi connectivity index (χ4n) is 1.66. The van der Waals surface area contributed by atoms with Gasteiger partial charge in [-0.15, -0.1) is 0 Å². The minimum Gasteiger partial charge on any atom is -0.385 e. The monoisotopic (exact) mass is 215 g/mol. The van der Waals surface area contributed by atoms with Gasteiger partial charge in [-0.25, -0.2) is 0 Å². The number of hydrogen-bond donors (Lipinski definition) is 2. The summed E-state index contributed by atoms with van der Waals surface area (Å²) in [5.41, 5.74) is 5.50. The number of nitrogens with two attached hydrogens (primary N) is 1. The maximum Gasteiger partial charge on any atom is 0.234 e. The Morgan fingerprint density at radius 3 is 2.93 bits per heavy atom. The fraction of sp³-hybridized carbons (Fsp3) is 0.900. The van der Waals surface area contributed by atoms with E-state index in [1.165, 1.54) is 0 Å². The van der Waals surface area contributed by atoms with Crippen molar-refractivity contribution in [2.24, 2.45) is 11.7 Å². The van der Waals surface area contributed by atoms with E-state index in [2.05, 4.69) is 10.2 Å². The average Bonchev–Trinajstić information content (AvgIpc) is 2.17. The van der Waals surface area contributed by atoms with Gasteiger partial charge >= 0.3 is 0 Å². The molecule has 15 heavy (non-hydrogen) atoms. The Morgan fingerprint density at radius 1 is 1.60 bits per heavy atom. The van der Waals surface area contributed by atoms with E-state index < -0.39 is 0 Å². The summed E-state index contributed by atoms with van der Waals surface area (Å²) < 4.78 is 4.89. The van der Waals surface area contributed by atoms with E-state index in [1.54, 1.807) is 7.11 Å². The lowest BCUT2D eigenvalue weighted by Crippen LogP contribution is -2.53. The van der Waals surface area contributed by atoms with Crippen LogP contribution in [0.5, 0.6) is 0 Å². The summed E-state index contributed by atoms with van der Waals surface area (Å²) in [7, 11) is 1.66. The van der Waals surface area contributed by atoms with Crippen LogP contribution in [0.3, 0.4) is 0 Å². The normalized spacial score (nSPS) is 17.5. The summed E-state index contributed by atoms with van der Waals surface area (Å²) in [5.74, 6) is 0.688. The lowest BCUT2D eigenvalue weighted by atomic mass is 10.0. The quantitative estimate of drug-likeness (QED) is 0.536. The highest BCUT2D eigenvalue weighted by Crippen LogP contribution is 2.12. The highest BCUT2D eigenvalue weighted by Gasteiger charge is 2.26. The second-order valence-electron chi connectivity index (χ2n) is 3.99. The number of amides is 1. The van der Waals surface area contributed by atoms with E-state index in [0.29, 0.717) is 25.6 Å². The van der Waals surface area contributed by atoms with Crippen LogP contribution in [0.25, 0.3) is 0 Å². The Morgan fingerprint density at radius 2 is 2.33 bits per heavy atom. The van der Waals surface area contributed by atoms with Gasteiger partial charge in [-0.1, -0.05) is 0 Å². The smallest absolute Gasteiger partial charge is 0.234 e. The summed E-state index contributed by atoms with van der Waals surface area (Å²) in [6.45, 7) is 4.54. The minimum atomic E-state index is 0.0987. The van der Waals surface area contributed by atoms with Gasteiger partial charge in [0.1, 0.15) is 0 Å². The van der Waals surface area contributed by atoms with Gasteiger partial charge in [0.25, 0.3) is 0 Å². The summed E-state index contributed by atoms with van der Waals surface area (Å²) in [6.07, 6.45) is 0.869. The van der Waals surface area contributed by atoms with Crippen molar-refractivity contribution in [3.8, 4) is 0 Å². The van der Waals surface area contributed by atoms with Crippen molar-refractivity contribution in [1.82, 2.24) is 10.2 Å². The number of nitrogens with one attached hydrogen (secondary N) is 1. The van der Waals surface area contributed by atoms with Crippen molar-refractivity contribution in [3.05, 3.63) is 0 Å². The van der Waals surface area contributed by atoms with Crippen LogP contribution < -0.4 is 11.1 Å². The topological polar surface area (TPSA) is 67.6 Å². The van der Waals surface area contributed by atoms with Crippen LogP contribution in [-0.2, 0) is 9.53 Å². The van der Waals surface area contributed by atoms with Crippen molar-refractivity contribution in [2.45, 2.75) is 6.42 Å². The number of rotatable bonds is 7. The summed E-state index contributed by atoms with van der Waals surface area (Å²) in [5, 5.41) is 2.86. The van der Waals surface area contributed by atoms with Gasteiger partial charge in [0, 0.05) is 33.4 Å². The van der Waals surface area contributed by atoms with E-state index >= 15 is 0 Å². The number of carbonyl (C=O) groups excluding carboxylic acids is 1. The molecular formula is C10H21N3O2. The van der Waals surface area contributed by atoms with Gasteiger partial charge in [0.15, 0.2) is 0 Å². The van der Waals surface area contributed by atoms with Crippen molar-refractivity contribution >= 4 is 5.91 Å². The Labute approximate surface area is 90.9 Å². The van der Waals surface area contributed by atoms with E-state index in [9.17, 15) is 4.79 Å². The standard InChI is InChI=1S/C10H21N3O2/c1-15-4-2-3-12-10(14)8-13-6-9(5-11)7-13/h9H,2-8,11H2,1H3,(H,12,14). The lowest BCUT2D eigenvalue weighted by molar-refractivity contribution is -0.123. The van der Waals surface area contributed by atoms with Gasteiger partial charge < -0.3 is 15.8 Å². The van der Waals surface area contributed by atoms with Gasteiger partial charge in [-0.3, -0.25) is 9.69 Å². The number of ether oxygens (including phenoxy) is 1. The molecule has 0 aliphatic carbocycles. The third-order valence-electron chi connectivity index (χ3n) is 2.58. The van der Waals surface area contributed by atoms with Crippen LogP contribution in [0.1, 0.15) is 6.42 Å². The zero-order valence-electron chi connectivity index (χ0n) is 9.37. The molecule has 5 heteroatoms.